The largest absolute Gasteiger partial charge is 0.416 e. The Balaban J connectivity index is 0.000000288. The molecule has 0 saturated carbocycles. The number of alkyl halides is 3. The quantitative estimate of drug-likeness (QED) is 0.714. The second kappa shape index (κ2) is 5.89. The summed E-state index contributed by atoms with van der Waals surface area (Å²) < 4.78 is 39.3. The molecule has 0 aromatic heterocycles. The van der Waals surface area contributed by atoms with Gasteiger partial charge in [-0.25, -0.2) is 0 Å². The van der Waals surface area contributed by atoms with Crippen molar-refractivity contribution in [1.82, 2.24) is 0 Å². The molecule has 0 N–H and O–H groups in total. The molecule has 0 aliphatic heterocycles. The molecule has 0 bridgehead atoms. The third-order valence-corrected chi connectivity index (χ3v) is 2.13. The van der Waals surface area contributed by atoms with Gasteiger partial charge in [-0.2, -0.15) is 13.2 Å². The number of hydrogen-bond acceptors (Lipinski definition) is 1. The number of halogens is 3. The van der Waals surface area contributed by atoms with Crippen molar-refractivity contribution < 1.29 is 17.9 Å². The Kier molecular flexibility index (Phi) is 5.51. The molecule has 0 radical (unpaired) electrons. The van der Waals surface area contributed by atoms with Gasteiger partial charge in [-0.05, 0) is 20.8 Å². The summed E-state index contributed by atoms with van der Waals surface area (Å²) in [6.45, 7) is 4.04. The van der Waals surface area contributed by atoms with E-state index in [-0.39, 0.29) is 0 Å². The van der Waals surface area contributed by atoms with E-state index in [0.717, 1.165) is 21.0 Å². The van der Waals surface area contributed by atoms with Gasteiger partial charge in [0.25, 0.3) is 0 Å². The molecule has 92 valence electrons. The van der Waals surface area contributed by atoms with Crippen LogP contribution in [0.1, 0.15) is 19.4 Å². The highest BCUT2D eigenvalue weighted by Gasteiger charge is 2.47. The van der Waals surface area contributed by atoms with Gasteiger partial charge in [0.15, 0.2) is 5.60 Å². The van der Waals surface area contributed by atoms with Crippen LogP contribution in [0.25, 0.3) is 0 Å². The van der Waals surface area contributed by atoms with Gasteiger partial charge in [0, 0.05) is 7.11 Å². The summed E-state index contributed by atoms with van der Waals surface area (Å²) in [6, 6.07) is 10.3. The molecule has 1 nitrogen and oxygen atoms in total. The maximum absolute atomic E-state index is 11.7. The van der Waals surface area contributed by atoms with Crippen LogP contribution in [0.2, 0.25) is 0 Å². The van der Waals surface area contributed by atoms with Crippen LogP contribution in [0.4, 0.5) is 13.2 Å². The highest BCUT2D eigenvalue weighted by molar-refractivity contribution is 5.11. The molecule has 1 rings (SSSR count). The minimum Gasteiger partial charge on any atom is -0.369 e. The molecular weight excluding hydrogens is 217 g/mol. The Hall–Kier alpha value is -1.03. The molecule has 1 aromatic carbocycles. The van der Waals surface area contributed by atoms with Crippen LogP contribution in [0.15, 0.2) is 30.3 Å². The lowest BCUT2D eigenvalue weighted by Crippen LogP contribution is -2.40. The Morgan fingerprint density at radius 2 is 1.44 bits per heavy atom. The highest BCUT2D eigenvalue weighted by Crippen LogP contribution is 2.31. The van der Waals surface area contributed by atoms with Crippen molar-refractivity contribution in [2.45, 2.75) is 32.5 Å². The molecule has 0 fully saturated rings. The summed E-state index contributed by atoms with van der Waals surface area (Å²) in [7, 11) is 1.04. The van der Waals surface area contributed by atoms with E-state index in [2.05, 4.69) is 23.8 Å². The van der Waals surface area contributed by atoms with E-state index in [1.54, 1.807) is 0 Å². The number of benzene rings is 1. The van der Waals surface area contributed by atoms with Crippen LogP contribution >= 0.6 is 0 Å². The van der Waals surface area contributed by atoms with Gasteiger partial charge < -0.3 is 4.74 Å². The van der Waals surface area contributed by atoms with Crippen molar-refractivity contribution in [1.29, 1.82) is 0 Å². The minimum absolute atomic E-state index is 0.979. The predicted octanol–water partition coefficient (Wildman–Crippen LogP) is 3.97. The summed E-state index contributed by atoms with van der Waals surface area (Å²) in [5.74, 6) is 0. The standard InChI is InChI=1S/C7H8.C5H9F3O/c1-7-5-3-2-4-6-7;1-4(2,9-3)5(6,7)8/h2-6H,1H3;1-3H3. The van der Waals surface area contributed by atoms with Crippen LogP contribution in [0.5, 0.6) is 0 Å². The summed E-state index contributed by atoms with van der Waals surface area (Å²) in [5, 5.41) is 0. The van der Waals surface area contributed by atoms with Gasteiger partial charge in [-0.15, -0.1) is 0 Å². The van der Waals surface area contributed by atoms with E-state index in [0.29, 0.717) is 0 Å². The second-order valence-electron chi connectivity index (χ2n) is 3.87. The van der Waals surface area contributed by atoms with Gasteiger partial charge in [0.05, 0.1) is 0 Å². The first-order valence-corrected chi connectivity index (χ1v) is 4.84. The molecular formula is C12H17F3O. The van der Waals surface area contributed by atoms with Gasteiger partial charge in [-0.1, -0.05) is 35.9 Å². The topological polar surface area (TPSA) is 9.23 Å². The fourth-order valence-corrected chi connectivity index (χ4v) is 0.650. The molecule has 0 heterocycles. The second-order valence-corrected chi connectivity index (χ2v) is 3.87. The molecule has 0 saturated heterocycles. The zero-order valence-corrected chi connectivity index (χ0v) is 9.93. The Morgan fingerprint density at radius 1 is 1.00 bits per heavy atom. The van der Waals surface area contributed by atoms with Crippen molar-refractivity contribution in [3.05, 3.63) is 35.9 Å². The number of aryl methyl sites for hydroxylation is 1. The average molecular weight is 234 g/mol. The monoisotopic (exact) mass is 234 g/mol. The summed E-state index contributed by atoms with van der Waals surface area (Å²) in [5.41, 5.74) is -0.699. The number of methoxy groups -OCH3 is 1. The van der Waals surface area contributed by atoms with Gasteiger partial charge in [0.1, 0.15) is 0 Å². The number of rotatable bonds is 1. The van der Waals surface area contributed by atoms with Crippen molar-refractivity contribution in [3.63, 3.8) is 0 Å². The van der Waals surface area contributed by atoms with Gasteiger partial charge in [0.2, 0.25) is 0 Å². The molecule has 0 aliphatic rings. The van der Waals surface area contributed by atoms with Crippen LogP contribution in [-0.4, -0.2) is 18.9 Å². The minimum atomic E-state index is -4.28. The predicted molar refractivity (Wildman–Crippen MR) is 58.3 cm³/mol. The third-order valence-electron chi connectivity index (χ3n) is 2.13. The normalized spacial score (nSPS) is 11.7. The summed E-state index contributed by atoms with van der Waals surface area (Å²) >= 11 is 0. The SMILES string of the molecule is COC(C)(C)C(F)(F)F.Cc1ccccc1. The van der Waals surface area contributed by atoms with Crippen LogP contribution in [0.3, 0.4) is 0 Å². The van der Waals surface area contributed by atoms with Crippen LogP contribution in [-0.2, 0) is 4.74 Å². The lowest BCUT2D eigenvalue weighted by molar-refractivity contribution is -0.255. The Bertz CT molecular complexity index is 291. The summed E-state index contributed by atoms with van der Waals surface area (Å²) in [6.07, 6.45) is -4.28. The van der Waals surface area contributed by atoms with E-state index in [9.17, 15) is 13.2 Å². The molecule has 0 unspecified atom stereocenters. The smallest absolute Gasteiger partial charge is 0.369 e. The van der Waals surface area contributed by atoms with Crippen LogP contribution in [0, 0.1) is 6.92 Å². The molecule has 4 heteroatoms. The third kappa shape index (κ3) is 5.16. The molecule has 16 heavy (non-hydrogen) atoms. The maximum Gasteiger partial charge on any atom is 0.416 e. The Labute approximate surface area is 94.2 Å². The van der Waals surface area contributed by atoms with Crippen LogP contribution < -0.4 is 0 Å². The molecule has 1 aromatic rings. The van der Waals surface area contributed by atoms with E-state index in [1.807, 2.05) is 18.2 Å². The number of hydrogen-bond donors (Lipinski definition) is 0. The van der Waals surface area contributed by atoms with E-state index >= 15 is 0 Å². The van der Waals surface area contributed by atoms with Crippen molar-refractivity contribution >= 4 is 0 Å². The van der Waals surface area contributed by atoms with Crippen molar-refractivity contribution in [3.8, 4) is 0 Å². The molecule has 0 amide bonds. The van der Waals surface area contributed by atoms with E-state index < -0.39 is 11.8 Å². The zero-order valence-electron chi connectivity index (χ0n) is 9.93. The fourth-order valence-electron chi connectivity index (χ4n) is 0.650. The lowest BCUT2D eigenvalue weighted by Gasteiger charge is -2.25. The van der Waals surface area contributed by atoms with E-state index in [1.165, 1.54) is 5.56 Å². The fraction of sp³-hybridized carbons (Fsp3) is 0.500. The average Bonchev–Trinajstić information content (AvgIpc) is 2.18. The molecule has 0 spiro atoms. The summed E-state index contributed by atoms with van der Waals surface area (Å²) in [4.78, 5) is 0. The maximum atomic E-state index is 11.7. The highest BCUT2D eigenvalue weighted by atomic mass is 19.4. The first-order chi connectivity index (χ1) is 7.20. The number of ether oxygens (including phenoxy) is 1. The van der Waals surface area contributed by atoms with Gasteiger partial charge in [-0.3, -0.25) is 0 Å². The molecule has 0 aliphatic carbocycles. The molecule has 0 atom stereocenters. The first kappa shape index (κ1) is 15.0. The van der Waals surface area contributed by atoms with Gasteiger partial charge >= 0.3 is 6.18 Å². The van der Waals surface area contributed by atoms with Crippen molar-refractivity contribution in [2.75, 3.05) is 7.11 Å². The lowest BCUT2D eigenvalue weighted by atomic mass is 10.1. The first-order valence-electron chi connectivity index (χ1n) is 4.84. The Morgan fingerprint density at radius 3 is 1.56 bits per heavy atom. The van der Waals surface area contributed by atoms with E-state index in [4.69, 9.17) is 0 Å². The zero-order chi connectivity index (χ0) is 12.8. The van der Waals surface area contributed by atoms with Crippen molar-refractivity contribution in [2.24, 2.45) is 0 Å².